The first-order valence-electron chi connectivity index (χ1n) is 52.0. The van der Waals surface area contributed by atoms with Gasteiger partial charge < -0.3 is 28.7 Å². The van der Waals surface area contributed by atoms with Crippen LogP contribution < -0.4 is 9.80 Å². The molecule has 13 rings (SSSR count). The van der Waals surface area contributed by atoms with Crippen LogP contribution in [-0.4, -0.2) is 229 Å². The fourth-order valence-electron chi connectivity index (χ4n) is 21.7. The molecule has 1 atom stereocenters. The number of aromatic nitrogens is 1. The van der Waals surface area contributed by atoms with Gasteiger partial charge in [-0.3, -0.25) is 53.3 Å². The first-order valence-corrected chi connectivity index (χ1v) is 52.0. The van der Waals surface area contributed by atoms with Crippen molar-refractivity contribution in [3.8, 4) is 23.0 Å². The van der Waals surface area contributed by atoms with Crippen LogP contribution in [0.5, 0.6) is 0 Å². The molecular formula is C118H177N9O8. The first-order chi connectivity index (χ1) is 64.2. The van der Waals surface area contributed by atoms with Crippen LogP contribution in [-0.2, 0) is 30.4 Å². The molecule has 1 saturated carbocycles. The number of ketones is 6. The largest absolute Gasteiger partial charge is 0.383 e. The van der Waals surface area contributed by atoms with Gasteiger partial charge in [0.15, 0.2) is 34.7 Å². The highest BCUT2D eigenvalue weighted by Gasteiger charge is 2.36. The van der Waals surface area contributed by atoms with Crippen molar-refractivity contribution in [1.82, 2.24) is 34.0 Å². The summed E-state index contributed by atoms with van der Waals surface area (Å²) in [6.07, 6.45) is 19.1. The number of ether oxygens (including phenoxy) is 2. The number of likely N-dealkylation sites (N-methyl/N-ethyl adjacent to an activating group) is 1. The van der Waals surface area contributed by atoms with E-state index in [1.807, 2.05) is 95.2 Å². The SMILES string of the molecule is CC.CC.CC.CC1=CC(C)=C(CCC(=O)c2c(C)n([C@@H](C)C3CCN(C(C)(C)C)CC3)c3ccccc23)C(=O)C1.CCN(c1cc(-c2ccc(CN3CCN(C(C)(C)C)CC3)cc2)cc(C(=O)CCC2=C(C)C=C(C)CC2=O)c1C)C1CCOCC1.CCN(c1cc(C#CCN2CCN(C(C)(C)C)CC2)cc(C(=O)CCC2=C(C)C=C(C)CC2=O)c1C)C1CCC(N(C)CCOC)CC1. The number of allylic oxidation sites excluding steroid dienone is 12. The Morgan fingerprint density at radius 3 is 1.37 bits per heavy atom. The van der Waals surface area contributed by atoms with Gasteiger partial charge in [0.05, 0.1) is 13.2 Å². The molecule has 8 aliphatic rings. The van der Waals surface area contributed by atoms with Crippen LogP contribution >= 0.6 is 0 Å². The Labute approximate surface area is 817 Å². The first kappa shape index (κ1) is 112. The molecule has 5 fully saturated rings. The maximum atomic E-state index is 14.0. The second kappa shape index (κ2) is 52.7. The molecule has 0 unspecified atom stereocenters. The summed E-state index contributed by atoms with van der Waals surface area (Å²) in [6.45, 7) is 75.2. The highest BCUT2D eigenvalue weighted by molar-refractivity contribution is 6.10. The molecule has 1 aromatic heterocycles. The van der Waals surface area contributed by atoms with E-state index in [2.05, 4.69) is 245 Å². The number of piperazine rings is 2. The molecule has 4 aliphatic carbocycles. The molecule has 4 aromatic carbocycles. The lowest BCUT2D eigenvalue weighted by molar-refractivity contribution is -0.116. The van der Waals surface area contributed by atoms with Gasteiger partial charge in [-0.15, -0.1) is 0 Å². The van der Waals surface area contributed by atoms with Crippen molar-refractivity contribution >= 4 is 57.0 Å². The summed E-state index contributed by atoms with van der Waals surface area (Å²) < 4.78 is 13.4. The van der Waals surface area contributed by atoms with E-state index in [4.69, 9.17) is 9.47 Å². The Bertz CT molecular complexity index is 5070. The number of nitrogens with zero attached hydrogens (tertiary/aromatic N) is 9. The van der Waals surface area contributed by atoms with E-state index in [1.54, 1.807) is 7.11 Å². The number of Topliss-reactive ketones (excluding diaryl/α,β-unsaturated/α-hetero) is 6. The number of methoxy groups -OCH3 is 1. The molecule has 5 heterocycles. The summed E-state index contributed by atoms with van der Waals surface area (Å²) >= 11 is 0. The third-order valence-electron chi connectivity index (χ3n) is 29.5. The monoisotopic (exact) mass is 1850 g/mol. The molecule has 0 radical (unpaired) electrons. The van der Waals surface area contributed by atoms with Crippen molar-refractivity contribution in [2.45, 2.75) is 343 Å². The minimum absolute atomic E-state index is 0.0922. The van der Waals surface area contributed by atoms with E-state index in [-0.39, 0.29) is 51.3 Å². The van der Waals surface area contributed by atoms with Crippen molar-refractivity contribution in [2.24, 2.45) is 5.92 Å². The number of hydrogen-bond donors (Lipinski definition) is 0. The topological polar surface area (TPSA) is 152 Å². The van der Waals surface area contributed by atoms with Crippen molar-refractivity contribution in [2.75, 3.05) is 135 Å². The molecule has 17 nitrogen and oxygen atoms in total. The van der Waals surface area contributed by atoms with Crippen molar-refractivity contribution in [3.63, 3.8) is 0 Å². The van der Waals surface area contributed by atoms with Crippen LogP contribution in [0.1, 0.15) is 340 Å². The van der Waals surface area contributed by atoms with Crippen molar-refractivity contribution < 1.29 is 38.2 Å². The zero-order chi connectivity index (χ0) is 99.5. The van der Waals surface area contributed by atoms with Crippen LogP contribution in [0.25, 0.3) is 22.0 Å². The van der Waals surface area contributed by atoms with E-state index in [1.165, 1.54) is 18.4 Å². The van der Waals surface area contributed by atoms with Gasteiger partial charge in [0.25, 0.3) is 0 Å². The molecule has 0 spiro atoms. The van der Waals surface area contributed by atoms with Gasteiger partial charge in [0, 0.05) is 228 Å². The molecule has 0 N–H and O–H groups in total. The highest BCUT2D eigenvalue weighted by atomic mass is 16.5. The summed E-state index contributed by atoms with van der Waals surface area (Å²) in [5.41, 5.74) is 22.7. The van der Waals surface area contributed by atoms with Crippen molar-refractivity contribution in [3.05, 3.63) is 186 Å². The Hall–Kier alpha value is -8.28. The van der Waals surface area contributed by atoms with Gasteiger partial charge in [-0.25, -0.2) is 0 Å². The van der Waals surface area contributed by atoms with Crippen LogP contribution in [0.2, 0.25) is 0 Å². The van der Waals surface area contributed by atoms with Crippen LogP contribution in [0.3, 0.4) is 0 Å². The second-order valence-electron chi connectivity index (χ2n) is 41.7. The number of benzene rings is 4. The Kier molecular flexibility index (Phi) is 43.7. The number of para-hydroxylation sites is 1. The Balaban J connectivity index is 0.000000245. The summed E-state index contributed by atoms with van der Waals surface area (Å²) in [7, 11) is 3.98. The average molecular weight is 1850 g/mol. The number of piperidine rings is 1. The predicted molar refractivity (Wildman–Crippen MR) is 568 cm³/mol. The van der Waals surface area contributed by atoms with Crippen LogP contribution in [0, 0.1) is 38.5 Å². The number of carbonyl (C=O) groups is 6. The quantitative estimate of drug-likeness (QED) is 0.0344. The molecule has 742 valence electrons. The highest BCUT2D eigenvalue weighted by Crippen LogP contribution is 2.42. The minimum Gasteiger partial charge on any atom is -0.383 e. The summed E-state index contributed by atoms with van der Waals surface area (Å²) in [5, 5.41) is 1.05. The van der Waals surface area contributed by atoms with E-state index in [9.17, 15) is 28.8 Å². The summed E-state index contributed by atoms with van der Waals surface area (Å²) in [6, 6.07) is 27.6. The fraction of sp³-hybridized carbons (Fsp3) is 0.610. The van der Waals surface area contributed by atoms with Crippen molar-refractivity contribution in [1.29, 1.82) is 0 Å². The Morgan fingerprint density at radius 2 is 0.919 bits per heavy atom. The van der Waals surface area contributed by atoms with Crippen LogP contribution in [0.4, 0.5) is 11.4 Å². The van der Waals surface area contributed by atoms with Gasteiger partial charge in [-0.1, -0.05) is 131 Å². The van der Waals surface area contributed by atoms with Gasteiger partial charge in [0.2, 0.25) is 0 Å². The van der Waals surface area contributed by atoms with E-state index >= 15 is 0 Å². The van der Waals surface area contributed by atoms with E-state index in [0.29, 0.717) is 87.9 Å². The third-order valence-corrected chi connectivity index (χ3v) is 29.5. The lowest BCUT2D eigenvalue weighted by Crippen LogP contribution is -2.53. The predicted octanol–water partition coefficient (Wildman–Crippen LogP) is 24.8. The van der Waals surface area contributed by atoms with Gasteiger partial charge >= 0.3 is 0 Å². The molecular weight excluding hydrogens is 1670 g/mol. The summed E-state index contributed by atoms with van der Waals surface area (Å²) in [4.78, 5) is 99.9. The van der Waals surface area contributed by atoms with E-state index in [0.717, 1.165) is 279 Å². The Morgan fingerprint density at radius 1 is 0.496 bits per heavy atom. The zero-order valence-corrected chi connectivity index (χ0v) is 89.6. The maximum absolute atomic E-state index is 14.0. The minimum atomic E-state index is 0.0922. The molecule has 4 aliphatic heterocycles. The molecule has 135 heavy (non-hydrogen) atoms. The van der Waals surface area contributed by atoms with E-state index < -0.39 is 0 Å². The maximum Gasteiger partial charge on any atom is 0.165 e. The van der Waals surface area contributed by atoms with Gasteiger partial charge in [0.1, 0.15) is 0 Å². The van der Waals surface area contributed by atoms with Crippen LogP contribution in [0.15, 0.2) is 141 Å². The lowest BCUT2D eigenvalue weighted by Gasteiger charge is -2.42. The zero-order valence-electron chi connectivity index (χ0n) is 89.6. The molecule has 17 heteroatoms. The third kappa shape index (κ3) is 30.4. The number of rotatable bonds is 28. The molecule has 0 bridgehead atoms. The molecule has 0 amide bonds. The smallest absolute Gasteiger partial charge is 0.165 e. The van der Waals surface area contributed by atoms with Gasteiger partial charge in [-0.2, -0.15) is 0 Å². The normalized spacial score (nSPS) is 19.2. The number of likely N-dealkylation sites (tertiary alicyclic amines) is 1. The standard InChI is InChI=1S/C41H62N4O3.C40H55N3O3.C31H42N2O2.3C2H6/c1-10-45(35-15-13-34(14-16-35)42(8)24-25-48-9)38-29-33(12-11-19-43-20-22-44(23-21-43)41(5,6)7)28-37(32(38)4)39(46)18-17-36-31(3)26-30(2)27-40(36)47;1-8-43(34-15-21-46-22-16-34)37-26-33(25-36(30(37)4)38(44)14-13-35-29(3)23-28(2)24-39(35)45)32-11-9-31(10-12-32)27-41-17-19-42(20-18-41)40(5,6)7;1-20-18-21(2)25(29(35)19-20)12-13-28(34)30-23(4)33(27-11-9-8-10-26(27)30)22(3)24-14-16-32(17-15-24)31(5,6)7;3*1-2/h26,28-29,34-35H,10,13-25,27H2,1-9H3;9-12,23,25-26,34H,8,13-22,24,27H2,1-7H3;8-11,18,22,24H,12-17,19H2,1-7H3;3*1-2H3/t;;22-;;;/m..0.../s1. The number of carbonyl (C=O) groups excluding carboxylic acids is 6. The molecule has 4 saturated heterocycles. The number of fused-ring (bicyclic) bond motifs is 1. The van der Waals surface area contributed by atoms with Gasteiger partial charge in [-0.05, 0) is 334 Å². The fourth-order valence-corrected chi connectivity index (χ4v) is 21.7. The summed E-state index contributed by atoms with van der Waals surface area (Å²) in [5.74, 6) is 8.35. The number of anilines is 2. The number of hydrogen-bond acceptors (Lipinski definition) is 16. The average Bonchev–Trinajstić information content (AvgIpc) is 1.56. The molecule has 5 aromatic rings. The second-order valence-corrected chi connectivity index (χ2v) is 41.7. The lowest BCUT2D eigenvalue weighted by atomic mass is 9.87.